The summed E-state index contributed by atoms with van der Waals surface area (Å²) in [6.07, 6.45) is 0.643. The normalized spacial score (nSPS) is 14.6. The van der Waals surface area contributed by atoms with E-state index in [0.717, 1.165) is 0 Å². The number of hydrogen-bond acceptors (Lipinski definition) is 3. The Labute approximate surface area is 123 Å². The average molecular weight is 291 g/mol. The van der Waals surface area contributed by atoms with Crippen molar-refractivity contribution in [1.29, 1.82) is 0 Å². The van der Waals surface area contributed by atoms with Crippen molar-refractivity contribution in [2.24, 2.45) is 5.92 Å². The van der Waals surface area contributed by atoms with Gasteiger partial charge in [0.15, 0.2) is 0 Å². The SMILES string of the molecule is CC(C)CC(NC(C)c1cc2ccccc2s1)C(=O)O. The van der Waals surface area contributed by atoms with E-state index >= 15 is 0 Å². The first-order valence-electron chi connectivity index (χ1n) is 6.94. The van der Waals surface area contributed by atoms with Crippen LogP contribution in [0.1, 0.15) is 38.1 Å². The lowest BCUT2D eigenvalue weighted by atomic mass is 10.0. The second-order valence-electron chi connectivity index (χ2n) is 5.60. The van der Waals surface area contributed by atoms with E-state index in [1.54, 1.807) is 11.3 Å². The fourth-order valence-electron chi connectivity index (χ4n) is 2.31. The van der Waals surface area contributed by atoms with Gasteiger partial charge in [0, 0.05) is 15.6 Å². The Morgan fingerprint density at radius 3 is 2.60 bits per heavy atom. The standard InChI is InChI=1S/C16H21NO2S/c1-10(2)8-13(16(18)19)17-11(3)15-9-12-6-4-5-7-14(12)20-15/h4-7,9-11,13,17H,8H2,1-3H3,(H,18,19). The minimum absolute atomic E-state index is 0.0484. The highest BCUT2D eigenvalue weighted by Crippen LogP contribution is 2.30. The smallest absolute Gasteiger partial charge is 0.320 e. The van der Waals surface area contributed by atoms with Gasteiger partial charge in [-0.3, -0.25) is 10.1 Å². The van der Waals surface area contributed by atoms with Crippen molar-refractivity contribution in [2.75, 3.05) is 0 Å². The fraction of sp³-hybridized carbons (Fsp3) is 0.438. The quantitative estimate of drug-likeness (QED) is 0.844. The van der Waals surface area contributed by atoms with Crippen LogP contribution < -0.4 is 5.32 Å². The van der Waals surface area contributed by atoms with Crippen LogP contribution in [0.15, 0.2) is 30.3 Å². The fourth-order valence-corrected chi connectivity index (χ4v) is 3.39. The first-order chi connectivity index (χ1) is 9.47. The van der Waals surface area contributed by atoms with E-state index in [1.807, 2.05) is 32.9 Å². The van der Waals surface area contributed by atoms with Crippen molar-refractivity contribution in [3.63, 3.8) is 0 Å². The zero-order chi connectivity index (χ0) is 14.7. The van der Waals surface area contributed by atoms with Crippen LogP contribution in [0.25, 0.3) is 10.1 Å². The monoisotopic (exact) mass is 291 g/mol. The summed E-state index contributed by atoms with van der Waals surface area (Å²) >= 11 is 1.72. The molecular weight excluding hydrogens is 270 g/mol. The Morgan fingerprint density at radius 2 is 2.00 bits per heavy atom. The van der Waals surface area contributed by atoms with Gasteiger partial charge in [0.1, 0.15) is 6.04 Å². The van der Waals surface area contributed by atoms with Crippen LogP contribution in [-0.4, -0.2) is 17.1 Å². The number of aliphatic carboxylic acids is 1. The van der Waals surface area contributed by atoms with Crippen LogP contribution in [0.3, 0.4) is 0 Å². The van der Waals surface area contributed by atoms with Gasteiger partial charge >= 0.3 is 5.97 Å². The molecule has 0 bridgehead atoms. The molecule has 1 aromatic carbocycles. The van der Waals surface area contributed by atoms with E-state index in [2.05, 4.69) is 23.5 Å². The van der Waals surface area contributed by atoms with Crippen LogP contribution in [0.4, 0.5) is 0 Å². The summed E-state index contributed by atoms with van der Waals surface area (Å²) in [5.41, 5.74) is 0. The summed E-state index contributed by atoms with van der Waals surface area (Å²) in [6.45, 7) is 6.12. The highest BCUT2D eigenvalue weighted by Gasteiger charge is 2.22. The molecule has 2 N–H and O–H groups in total. The molecule has 0 spiro atoms. The Balaban J connectivity index is 2.13. The predicted octanol–water partition coefficient (Wildman–Crippen LogP) is 4.05. The van der Waals surface area contributed by atoms with E-state index < -0.39 is 12.0 Å². The summed E-state index contributed by atoms with van der Waals surface area (Å²) in [6, 6.07) is 9.94. The molecule has 0 aliphatic rings. The predicted molar refractivity (Wildman–Crippen MR) is 84.3 cm³/mol. The van der Waals surface area contributed by atoms with Crippen molar-refractivity contribution in [3.05, 3.63) is 35.2 Å². The Hall–Kier alpha value is -1.39. The minimum Gasteiger partial charge on any atom is -0.480 e. The van der Waals surface area contributed by atoms with Crippen molar-refractivity contribution < 1.29 is 9.90 Å². The molecule has 0 amide bonds. The molecule has 108 valence electrons. The summed E-state index contributed by atoms with van der Waals surface area (Å²) in [5, 5.41) is 13.8. The topological polar surface area (TPSA) is 49.3 Å². The molecule has 1 heterocycles. The summed E-state index contributed by atoms with van der Waals surface area (Å²) in [4.78, 5) is 12.5. The third kappa shape index (κ3) is 3.58. The molecule has 0 aliphatic heterocycles. The van der Waals surface area contributed by atoms with E-state index in [1.165, 1.54) is 15.0 Å². The lowest BCUT2D eigenvalue weighted by Crippen LogP contribution is -2.39. The average Bonchev–Trinajstić information content (AvgIpc) is 2.81. The van der Waals surface area contributed by atoms with Gasteiger partial charge in [-0.2, -0.15) is 0 Å². The van der Waals surface area contributed by atoms with Crippen molar-refractivity contribution in [3.8, 4) is 0 Å². The van der Waals surface area contributed by atoms with Gasteiger partial charge in [0.25, 0.3) is 0 Å². The number of benzene rings is 1. The summed E-state index contributed by atoms with van der Waals surface area (Å²) in [5.74, 6) is -0.412. The van der Waals surface area contributed by atoms with Crippen LogP contribution >= 0.6 is 11.3 Å². The zero-order valence-electron chi connectivity index (χ0n) is 12.1. The van der Waals surface area contributed by atoms with E-state index in [0.29, 0.717) is 12.3 Å². The number of carboxylic acid groups (broad SMARTS) is 1. The molecule has 0 saturated heterocycles. The Kier molecular flexibility index (Phi) is 4.78. The van der Waals surface area contributed by atoms with Crippen molar-refractivity contribution >= 4 is 27.4 Å². The maximum absolute atomic E-state index is 11.3. The molecule has 0 aliphatic carbocycles. The second-order valence-corrected chi connectivity index (χ2v) is 6.71. The Morgan fingerprint density at radius 1 is 1.30 bits per heavy atom. The van der Waals surface area contributed by atoms with Crippen LogP contribution in [0.5, 0.6) is 0 Å². The van der Waals surface area contributed by atoms with Gasteiger partial charge in [-0.05, 0) is 36.8 Å². The molecular formula is C16H21NO2S. The van der Waals surface area contributed by atoms with Gasteiger partial charge in [-0.1, -0.05) is 32.0 Å². The lowest BCUT2D eigenvalue weighted by molar-refractivity contribution is -0.140. The molecule has 0 saturated carbocycles. The van der Waals surface area contributed by atoms with E-state index in [9.17, 15) is 9.90 Å². The molecule has 0 fully saturated rings. The van der Waals surface area contributed by atoms with Crippen LogP contribution in [0, 0.1) is 5.92 Å². The lowest BCUT2D eigenvalue weighted by Gasteiger charge is -2.20. The number of carboxylic acids is 1. The van der Waals surface area contributed by atoms with Crippen molar-refractivity contribution in [1.82, 2.24) is 5.32 Å². The number of hydrogen-bond donors (Lipinski definition) is 2. The number of thiophene rings is 1. The summed E-state index contributed by atoms with van der Waals surface area (Å²) < 4.78 is 1.24. The maximum atomic E-state index is 11.3. The number of rotatable bonds is 6. The largest absolute Gasteiger partial charge is 0.480 e. The molecule has 20 heavy (non-hydrogen) atoms. The second kappa shape index (κ2) is 6.37. The third-order valence-corrected chi connectivity index (χ3v) is 4.63. The number of carbonyl (C=O) groups is 1. The highest BCUT2D eigenvalue weighted by atomic mass is 32.1. The maximum Gasteiger partial charge on any atom is 0.320 e. The van der Waals surface area contributed by atoms with Crippen molar-refractivity contribution in [2.45, 2.75) is 39.3 Å². The van der Waals surface area contributed by atoms with Gasteiger partial charge in [0.05, 0.1) is 0 Å². The van der Waals surface area contributed by atoms with Gasteiger partial charge in [-0.15, -0.1) is 11.3 Å². The minimum atomic E-state index is -0.772. The van der Waals surface area contributed by atoms with Gasteiger partial charge in [-0.25, -0.2) is 0 Å². The van der Waals surface area contributed by atoms with Crippen LogP contribution in [0.2, 0.25) is 0 Å². The molecule has 2 unspecified atom stereocenters. The van der Waals surface area contributed by atoms with Gasteiger partial charge in [0.2, 0.25) is 0 Å². The van der Waals surface area contributed by atoms with E-state index in [-0.39, 0.29) is 6.04 Å². The zero-order valence-corrected chi connectivity index (χ0v) is 12.9. The Bertz CT molecular complexity index is 558. The highest BCUT2D eigenvalue weighted by molar-refractivity contribution is 7.19. The molecule has 2 atom stereocenters. The first kappa shape index (κ1) is 15.0. The third-order valence-electron chi connectivity index (χ3n) is 3.33. The molecule has 4 heteroatoms. The molecule has 0 radical (unpaired) electrons. The van der Waals surface area contributed by atoms with Gasteiger partial charge < -0.3 is 5.11 Å². The van der Waals surface area contributed by atoms with Crippen LogP contribution in [-0.2, 0) is 4.79 Å². The summed E-state index contributed by atoms with van der Waals surface area (Å²) in [7, 11) is 0. The first-order valence-corrected chi connectivity index (χ1v) is 7.76. The number of nitrogens with one attached hydrogen (secondary N) is 1. The van der Waals surface area contributed by atoms with E-state index in [4.69, 9.17) is 0 Å². The molecule has 3 nitrogen and oxygen atoms in total. The molecule has 2 aromatic rings. The number of fused-ring (bicyclic) bond motifs is 1. The molecule has 1 aromatic heterocycles. The molecule has 2 rings (SSSR count).